The molecule has 1 saturated heterocycles. The van der Waals surface area contributed by atoms with E-state index in [1.165, 1.54) is 28.6 Å². The molecule has 0 amide bonds. The lowest BCUT2D eigenvalue weighted by atomic mass is 10.0. The van der Waals surface area contributed by atoms with Gasteiger partial charge in [-0.25, -0.2) is 12.8 Å². The molecule has 106 valence electrons. The van der Waals surface area contributed by atoms with Crippen LogP contribution in [0.5, 0.6) is 0 Å². The topological polar surface area (TPSA) is 63.4 Å². The minimum atomic E-state index is -3.54. The molecule has 4 nitrogen and oxygen atoms in total. The number of hydrogen-bond acceptors (Lipinski definition) is 3. The van der Waals surface area contributed by atoms with E-state index in [1.54, 1.807) is 0 Å². The lowest BCUT2D eigenvalue weighted by Crippen LogP contribution is -2.44. The van der Waals surface area contributed by atoms with Crippen LogP contribution in [0.1, 0.15) is 25.7 Å². The fourth-order valence-corrected chi connectivity index (χ4v) is 4.24. The van der Waals surface area contributed by atoms with E-state index >= 15 is 0 Å². The van der Waals surface area contributed by atoms with Crippen LogP contribution in [0, 0.1) is 5.82 Å². The summed E-state index contributed by atoms with van der Waals surface area (Å²) in [6.07, 6.45) is 3.40. The highest BCUT2D eigenvalue weighted by atomic mass is 32.2. The van der Waals surface area contributed by atoms with E-state index in [9.17, 15) is 12.8 Å². The van der Waals surface area contributed by atoms with E-state index in [0.29, 0.717) is 19.5 Å². The minimum Gasteiger partial charge on any atom is -0.330 e. The summed E-state index contributed by atoms with van der Waals surface area (Å²) in [7, 11) is -3.54. The molecule has 0 saturated carbocycles. The van der Waals surface area contributed by atoms with Crippen molar-refractivity contribution in [3.05, 3.63) is 30.1 Å². The number of piperidine rings is 1. The Hall–Kier alpha value is -0.980. The number of nitrogens with zero attached hydrogens (tertiary/aromatic N) is 1. The molecule has 0 bridgehead atoms. The Kier molecular flexibility index (Phi) is 4.54. The van der Waals surface area contributed by atoms with Gasteiger partial charge in [0.1, 0.15) is 5.82 Å². The Labute approximate surface area is 113 Å². The summed E-state index contributed by atoms with van der Waals surface area (Å²) in [5, 5.41) is 0. The van der Waals surface area contributed by atoms with Gasteiger partial charge in [0, 0.05) is 12.6 Å². The molecule has 1 heterocycles. The van der Waals surface area contributed by atoms with Crippen LogP contribution in [0.4, 0.5) is 4.39 Å². The highest BCUT2D eigenvalue weighted by Crippen LogP contribution is 2.26. The fourth-order valence-electron chi connectivity index (χ4n) is 2.51. The first kappa shape index (κ1) is 14.4. The van der Waals surface area contributed by atoms with Gasteiger partial charge in [-0.3, -0.25) is 0 Å². The standard InChI is InChI=1S/C13H19FN2O2S/c14-11-4-6-13(7-5-11)19(17,18)16-10-2-1-3-12(16)8-9-15/h4-7,12H,1-3,8-10,15H2. The average molecular weight is 286 g/mol. The van der Waals surface area contributed by atoms with Crippen molar-refractivity contribution in [2.75, 3.05) is 13.1 Å². The van der Waals surface area contributed by atoms with Gasteiger partial charge < -0.3 is 5.73 Å². The molecule has 1 unspecified atom stereocenters. The Morgan fingerprint density at radius 3 is 2.58 bits per heavy atom. The maximum Gasteiger partial charge on any atom is 0.243 e. The number of halogens is 1. The number of nitrogens with two attached hydrogens (primary N) is 1. The van der Waals surface area contributed by atoms with Crippen molar-refractivity contribution in [3.8, 4) is 0 Å². The second kappa shape index (κ2) is 5.98. The molecular formula is C13H19FN2O2S. The van der Waals surface area contributed by atoms with Gasteiger partial charge in [0.15, 0.2) is 0 Å². The Balaban J connectivity index is 2.28. The molecule has 1 aromatic carbocycles. The van der Waals surface area contributed by atoms with Gasteiger partial charge in [-0.05, 0) is 50.1 Å². The van der Waals surface area contributed by atoms with Crippen LogP contribution in [0.2, 0.25) is 0 Å². The molecule has 0 radical (unpaired) electrons. The number of hydrogen-bond donors (Lipinski definition) is 1. The van der Waals surface area contributed by atoms with Crippen LogP contribution in [-0.4, -0.2) is 31.9 Å². The van der Waals surface area contributed by atoms with Crippen LogP contribution in [0.15, 0.2) is 29.2 Å². The summed E-state index contributed by atoms with van der Waals surface area (Å²) in [6.45, 7) is 0.991. The van der Waals surface area contributed by atoms with Gasteiger partial charge in [0.05, 0.1) is 4.90 Å². The number of benzene rings is 1. The van der Waals surface area contributed by atoms with Crippen LogP contribution >= 0.6 is 0 Å². The third-order valence-electron chi connectivity index (χ3n) is 3.49. The molecule has 0 aromatic heterocycles. The molecule has 2 rings (SSSR count). The number of rotatable bonds is 4. The summed E-state index contributed by atoms with van der Waals surface area (Å²) in [6, 6.07) is 4.95. The van der Waals surface area contributed by atoms with Gasteiger partial charge in [0.25, 0.3) is 0 Å². The lowest BCUT2D eigenvalue weighted by molar-refractivity contribution is 0.243. The third kappa shape index (κ3) is 3.13. The van der Waals surface area contributed by atoms with Crippen molar-refractivity contribution in [2.45, 2.75) is 36.6 Å². The lowest BCUT2D eigenvalue weighted by Gasteiger charge is -2.34. The molecule has 0 spiro atoms. The Morgan fingerprint density at radius 2 is 1.95 bits per heavy atom. The van der Waals surface area contributed by atoms with Crippen molar-refractivity contribution in [2.24, 2.45) is 5.73 Å². The third-order valence-corrected chi connectivity index (χ3v) is 5.46. The van der Waals surface area contributed by atoms with Crippen LogP contribution in [-0.2, 0) is 10.0 Å². The molecule has 1 fully saturated rings. The fraction of sp³-hybridized carbons (Fsp3) is 0.538. The molecule has 19 heavy (non-hydrogen) atoms. The number of sulfonamides is 1. The van der Waals surface area contributed by atoms with Gasteiger partial charge in [-0.2, -0.15) is 4.31 Å². The highest BCUT2D eigenvalue weighted by molar-refractivity contribution is 7.89. The van der Waals surface area contributed by atoms with E-state index in [4.69, 9.17) is 5.73 Å². The van der Waals surface area contributed by atoms with Crippen LogP contribution in [0.25, 0.3) is 0 Å². The van der Waals surface area contributed by atoms with Crippen molar-refractivity contribution in [1.29, 1.82) is 0 Å². The van der Waals surface area contributed by atoms with Crippen molar-refractivity contribution >= 4 is 10.0 Å². The second-order valence-corrected chi connectivity index (χ2v) is 6.69. The van der Waals surface area contributed by atoms with Gasteiger partial charge in [-0.15, -0.1) is 0 Å². The van der Waals surface area contributed by atoms with Gasteiger partial charge in [0.2, 0.25) is 10.0 Å². The summed E-state index contributed by atoms with van der Waals surface area (Å²) in [4.78, 5) is 0.151. The zero-order valence-electron chi connectivity index (χ0n) is 10.8. The molecule has 1 aliphatic rings. The van der Waals surface area contributed by atoms with Crippen LogP contribution < -0.4 is 5.73 Å². The van der Waals surface area contributed by atoms with Gasteiger partial charge in [-0.1, -0.05) is 6.42 Å². The maximum atomic E-state index is 12.9. The summed E-state index contributed by atoms with van der Waals surface area (Å²) in [5.74, 6) is -0.434. The monoisotopic (exact) mass is 286 g/mol. The molecule has 0 aliphatic carbocycles. The molecule has 1 aromatic rings. The normalized spacial score (nSPS) is 21.5. The van der Waals surface area contributed by atoms with Crippen molar-refractivity contribution in [1.82, 2.24) is 4.31 Å². The summed E-state index contributed by atoms with van der Waals surface area (Å²) >= 11 is 0. The Morgan fingerprint density at radius 1 is 1.26 bits per heavy atom. The van der Waals surface area contributed by atoms with Gasteiger partial charge >= 0.3 is 0 Å². The minimum absolute atomic E-state index is 0.0335. The van der Waals surface area contributed by atoms with E-state index < -0.39 is 15.8 Å². The summed E-state index contributed by atoms with van der Waals surface area (Å²) in [5.41, 5.74) is 5.55. The molecular weight excluding hydrogens is 267 g/mol. The van der Waals surface area contributed by atoms with Crippen molar-refractivity contribution < 1.29 is 12.8 Å². The maximum absolute atomic E-state index is 12.9. The average Bonchev–Trinajstić information content (AvgIpc) is 2.40. The second-order valence-electron chi connectivity index (χ2n) is 4.80. The first-order valence-corrected chi connectivity index (χ1v) is 7.97. The smallest absolute Gasteiger partial charge is 0.243 e. The predicted molar refractivity (Wildman–Crippen MR) is 71.6 cm³/mol. The quantitative estimate of drug-likeness (QED) is 0.916. The van der Waals surface area contributed by atoms with E-state index in [0.717, 1.165) is 19.3 Å². The Bertz CT molecular complexity index is 514. The van der Waals surface area contributed by atoms with E-state index in [-0.39, 0.29) is 10.9 Å². The van der Waals surface area contributed by atoms with Crippen LogP contribution in [0.3, 0.4) is 0 Å². The first-order valence-electron chi connectivity index (χ1n) is 6.53. The van der Waals surface area contributed by atoms with E-state index in [2.05, 4.69) is 0 Å². The predicted octanol–water partition coefficient (Wildman–Crippen LogP) is 1.72. The molecule has 6 heteroatoms. The zero-order chi connectivity index (χ0) is 13.9. The molecule has 1 atom stereocenters. The summed E-state index contributed by atoms with van der Waals surface area (Å²) < 4.78 is 39.5. The van der Waals surface area contributed by atoms with Crippen molar-refractivity contribution in [3.63, 3.8) is 0 Å². The van der Waals surface area contributed by atoms with E-state index in [1.807, 2.05) is 0 Å². The first-order chi connectivity index (χ1) is 9.05. The molecule has 1 aliphatic heterocycles. The SMILES string of the molecule is NCCC1CCCCN1S(=O)(=O)c1ccc(F)cc1. The highest BCUT2D eigenvalue weighted by Gasteiger charge is 2.32. The molecule has 2 N–H and O–H groups in total. The zero-order valence-corrected chi connectivity index (χ0v) is 11.6. The largest absolute Gasteiger partial charge is 0.330 e.